The van der Waals surface area contributed by atoms with Crippen molar-refractivity contribution in [3.8, 4) is 0 Å². The second-order valence-corrected chi connectivity index (χ2v) is 8.03. The first-order chi connectivity index (χ1) is 8.71. The maximum Gasteiger partial charge on any atom is 0.223 e. The predicted molar refractivity (Wildman–Crippen MR) is 72.3 cm³/mol. The third-order valence-electron chi connectivity index (χ3n) is 6.62. The third kappa shape index (κ3) is 1.61. The lowest BCUT2D eigenvalue weighted by atomic mass is 9.42. The van der Waals surface area contributed by atoms with Gasteiger partial charge in [0.15, 0.2) is 0 Å². The van der Waals surface area contributed by atoms with E-state index in [1.165, 1.54) is 0 Å². The minimum absolute atomic E-state index is 0.0182. The van der Waals surface area contributed by atoms with Crippen LogP contribution in [-0.2, 0) is 0 Å². The smallest absolute Gasteiger partial charge is 0.223 e. The summed E-state index contributed by atoms with van der Waals surface area (Å²) in [7, 11) is 0. The van der Waals surface area contributed by atoms with Gasteiger partial charge in [-0.2, -0.15) is 0 Å². The minimum atomic E-state index is -0.786. The van der Waals surface area contributed by atoms with Crippen LogP contribution in [0.25, 0.3) is 0 Å². The minimum Gasteiger partial charge on any atom is -0.389 e. The van der Waals surface area contributed by atoms with Crippen LogP contribution in [0.3, 0.4) is 0 Å². The van der Waals surface area contributed by atoms with Gasteiger partial charge in [0.25, 0.3) is 0 Å². The average Bonchev–Trinajstić information content (AvgIpc) is 2.26. The highest BCUT2D eigenvalue weighted by atomic mass is 16.6. The number of nitro groups is 1. The fourth-order valence-electron chi connectivity index (χ4n) is 5.63. The summed E-state index contributed by atoms with van der Waals surface area (Å²) >= 11 is 0. The molecule has 0 saturated heterocycles. The highest BCUT2D eigenvalue weighted by Gasteiger charge is 2.68. The largest absolute Gasteiger partial charge is 0.389 e. The molecular weight excluding hydrogens is 242 g/mol. The van der Waals surface area contributed by atoms with E-state index in [4.69, 9.17) is 0 Å². The zero-order chi connectivity index (χ0) is 14.1. The second kappa shape index (κ2) is 3.72. The fourth-order valence-corrected chi connectivity index (χ4v) is 5.63. The van der Waals surface area contributed by atoms with Gasteiger partial charge in [-0.05, 0) is 43.9 Å². The fraction of sp³-hybridized carbons (Fsp3) is 1.00. The molecule has 4 heteroatoms. The van der Waals surface area contributed by atoms with E-state index in [0.29, 0.717) is 18.3 Å². The molecule has 3 unspecified atom stereocenters. The lowest BCUT2D eigenvalue weighted by Gasteiger charge is -2.63. The van der Waals surface area contributed by atoms with Crippen LogP contribution in [0.15, 0.2) is 0 Å². The molecular formula is C15H25NO3. The van der Waals surface area contributed by atoms with Gasteiger partial charge in [-0.25, -0.2) is 0 Å². The van der Waals surface area contributed by atoms with Crippen LogP contribution in [0.5, 0.6) is 0 Å². The van der Waals surface area contributed by atoms with E-state index in [-0.39, 0.29) is 16.3 Å². The summed E-state index contributed by atoms with van der Waals surface area (Å²) in [6.45, 7) is 5.99. The predicted octanol–water partition coefficient (Wildman–Crippen LogP) is 3.01. The van der Waals surface area contributed by atoms with Crippen molar-refractivity contribution in [2.45, 2.75) is 70.4 Å². The van der Waals surface area contributed by atoms with E-state index in [0.717, 1.165) is 32.1 Å². The van der Waals surface area contributed by atoms with Crippen LogP contribution < -0.4 is 0 Å². The van der Waals surface area contributed by atoms with Crippen molar-refractivity contribution in [1.82, 2.24) is 0 Å². The van der Waals surface area contributed by atoms with Crippen molar-refractivity contribution in [3.63, 3.8) is 0 Å². The number of rotatable bonds is 3. The van der Waals surface area contributed by atoms with Gasteiger partial charge in [-0.3, -0.25) is 10.1 Å². The normalized spacial score (nSPS) is 47.4. The molecule has 0 aromatic carbocycles. The Labute approximate surface area is 114 Å². The van der Waals surface area contributed by atoms with Gasteiger partial charge in [-0.1, -0.05) is 13.8 Å². The maximum atomic E-state index is 11.6. The van der Waals surface area contributed by atoms with Crippen LogP contribution in [0.1, 0.15) is 59.3 Å². The van der Waals surface area contributed by atoms with Gasteiger partial charge in [0, 0.05) is 29.6 Å². The molecule has 0 aromatic rings. The first-order valence-electron chi connectivity index (χ1n) is 7.58. The van der Waals surface area contributed by atoms with Gasteiger partial charge in [0.1, 0.15) is 0 Å². The molecule has 0 aromatic heterocycles. The van der Waals surface area contributed by atoms with E-state index < -0.39 is 11.1 Å². The van der Waals surface area contributed by atoms with Gasteiger partial charge in [-0.15, -0.1) is 0 Å². The summed E-state index contributed by atoms with van der Waals surface area (Å²) in [5.41, 5.74) is -1.74. The lowest BCUT2D eigenvalue weighted by molar-refractivity contribution is -0.594. The quantitative estimate of drug-likeness (QED) is 0.631. The van der Waals surface area contributed by atoms with Crippen molar-refractivity contribution >= 4 is 0 Å². The van der Waals surface area contributed by atoms with Gasteiger partial charge in [0.05, 0.1) is 5.60 Å². The molecule has 4 aliphatic carbocycles. The molecule has 3 atom stereocenters. The van der Waals surface area contributed by atoms with Crippen molar-refractivity contribution in [1.29, 1.82) is 0 Å². The van der Waals surface area contributed by atoms with Crippen LogP contribution in [0, 0.1) is 33.3 Å². The number of aliphatic hydroxyl groups is 1. The van der Waals surface area contributed by atoms with Crippen molar-refractivity contribution in [2.24, 2.45) is 23.2 Å². The van der Waals surface area contributed by atoms with E-state index in [1.807, 2.05) is 20.8 Å². The number of hydrogen-bond acceptors (Lipinski definition) is 3. The van der Waals surface area contributed by atoms with Crippen LogP contribution in [0.2, 0.25) is 0 Å². The monoisotopic (exact) mass is 267 g/mol. The SMILES string of the molecule is CC(C)C(C)(O)C12CC3CC(CC([N+](=O)[O-])(C3)C1)C2. The topological polar surface area (TPSA) is 63.4 Å². The standard InChI is InChI=1S/C15H25NO3/c1-10(2)13(3,17)14-5-11-4-12(6-14)8-15(7-11,9-14)16(18)19/h10-12,17H,4-9H2,1-3H3. The molecule has 0 heterocycles. The van der Waals surface area contributed by atoms with Gasteiger partial charge < -0.3 is 5.11 Å². The molecule has 4 aliphatic rings. The van der Waals surface area contributed by atoms with Crippen LogP contribution in [0.4, 0.5) is 0 Å². The highest BCUT2D eigenvalue weighted by molar-refractivity contribution is 5.14. The molecule has 0 aliphatic heterocycles. The van der Waals surface area contributed by atoms with E-state index in [1.54, 1.807) is 0 Å². The molecule has 0 amide bonds. The Hall–Kier alpha value is -0.640. The van der Waals surface area contributed by atoms with Crippen molar-refractivity contribution < 1.29 is 10.0 Å². The zero-order valence-electron chi connectivity index (χ0n) is 12.2. The van der Waals surface area contributed by atoms with Gasteiger partial charge in [0.2, 0.25) is 5.54 Å². The van der Waals surface area contributed by atoms with E-state index in [9.17, 15) is 15.2 Å². The molecule has 0 radical (unpaired) electrons. The molecule has 1 N–H and O–H groups in total. The highest BCUT2D eigenvalue weighted by Crippen LogP contribution is 2.66. The van der Waals surface area contributed by atoms with E-state index in [2.05, 4.69) is 0 Å². The van der Waals surface area contributed by atoms with Crippen molar-refractivity contribution in [3.05, 3.63) is 10.1 Å². The third-order valence-corrected chi connectivity index (χ3v) is 6.62. The summed E-state index contributed by atoms with van der Waals surface area (Å²) in [5.74, 6) is 1.06. The Kier molecular flexibility index (Phi) is 2.61. The van der Waals surface area contributed by atoms with Crippen LogP contribution >= 0.6 is 0 Å². The van der Waals surface area contributed by atoms with E-state index >= 15 is 0 Å². The Balaban J connectivity index is 2.03. The Bertz CT molecular complexity index is 402. The maximum absolute atomic E-state index is 11.6. The summed E-state index contributed by atoms with van der Waals surface area (Å²) in [6.07, 6.45) is 5.20. The number of nitrogens with zero attached hydrogens (tertiary/aromatic N) is 1. The second-order valence-electron chi connectivity index (χ2n) is 8.03. The first kappa shape index (κ1) is 13.3. The number of hydrogen-bond donors (Lipinski definition) is 1. The summed E-state index contributed by atoms with van der Waals surface area (Å²) in [6, 6.07) is 0. The molecule has 4 nitrogen and oxygen atoms in total. The summed E-state index contributed by atoms with van der Waals surface area (Å²) in [4.78, 5) is 11.6. The molecule has 4 bridgehead atoms. The molecule has 19 heavy (non-hydrogen) atoms. The molecule has 4 fully saturated rings. The molecule has 108 valence electrons. The molecule has 0 spiro atoms. The molecule has 4 rings (SSSR count). The lowest BCUT2D eigenvalue weighted by Crippen LogP contribution is -2.66. The Morgan fingerprint density at radius 1 is 1.26 bits per heavy atom. The molecule has 4 saturated carbocycles. The first-order valence-corrected chi connectivity index (χ1v) is 7.58. The summed E-state index contributed by atoms with van der Waals surface area (Å²) in [5, 5.41) is 22.6. The van der Waals surface area contributed by atoms with Gasteiger partial charge >= 0.3 is 0 Å². The van der Waals surface area contributed by atoms with Crippen LogP contribution in [-0.4, -0.2) is 21.2 Å². The average molecular weight is 267 g/mol. The Morgan fingerprint density at radius 3 is 2.21 bits per heavy atom. The Morgan fingerprint density at radius 2 is 1.79 bits per heavy atom. The van der Waals surface area contributed by atoms with Crippen molar-refractivity contribution in [2.75, 3.05) is 0 Å². The summed E-state index contributed by atoms with van der Waals surface area (Å²) < 4.78 is 0. The zero-order valence-corrected chi connectivity index (χ0v) is 12.2.